The molecule has 0 atom stereocenters. The maximum absolute atomic E-state index is 12.7. The quantitative estimate of drug-likeness (QED) is 0.929. The van der Waals surface area contributed by atoms with E-state index < -0.39 is 20.5 Å². The van der Waals surface area contributed by atoms with Crippen molar-refractivity contribution in [1.29, 1.82) is 0 Å². The number of rotatable bonds is 4. The molecule has 0 bridgehead atoms. The first-order valence-corrected chi connectivity index (χ1v) is 8.34. The van der Waals surface area contributed by atoms with Crippen LogP contribution >= 0.6 is 11.6 Å². The molecule has 0 fully saturated rings. The number of anilines is 1. The van der Waals surface area contributed by atoms with Crippen molar-refractivity contribution in [2.24, 2.45) is 0 Å². The highest BCUT2D eigenvalue weighted by Gasteiger charge is 2.42. The summed E-state index contributed by atoms with van der Waals surface area (Å²) >= 11 is 5.76. The van der Waals surface area contributed by atoms with E-state index in [2.05, 4.69) is 10.3 Å². The third-order valence-corrected chi connectivity index (χ3v) is 5.92. The number of sulfone groups is 1. The van der Waals surface area contributed by atoms with Crippen molar-refractivity contribution < 1.29 is 13.2 Å². The molecule has 0 saturated heterocycles. The number of aromatic nitrogens is 1. The molecule has 0 aliphatic carbocycles. The van der Waals surface area contributed by atoms with Crippen molar-refractivity contribution in [2.45, 2.75) is 23.5 Å². The molecule has 0 spiro atoms. The van der Waals surface area contributed by atoms with Crippen LogP contribution in [-0.2, 0) is 14.6 Å². The predicted octanol–water partition coefficient (Wildman–Crippen LogP) is 2.93. The van der Waals surface area contributed by atoms with Crippen LogP contribution in [0.3, 0.4) is 0 Å². The average Bonchev–Trinajstić information content (AvgIpc) is 2.48. The van der Waals surface area contributed by atoms with E-state index in [0.29, 0.717) is 10.8 Å². The van der Waals surface area contributed by atoms with Crippen LogP contribution in [0.1, 0.15) is 13.8 Å². The number of carbonyl (C=O) groups is 1. The summed E-state index contributed by atoms with van der Waals surface area (Å²) in [6.07, 6.45) is 1.51. The zero-order chi connectivity index (χ0) is 16.4. The molecule has 0 radical (unpaired) electrons. The van der Waals surface area contributed by atoms with Crippen molar-refractivity contribution >= 4 is 33.2 Å². The van der Waals surface area contributed by atoms with Gasteiger partial charge in [0.1, 0.15) is 10.6 Å². The summed E-state index contributed by atoms with van der Waals surface area (Å²) in [5.41, 5.74) is 0. The van der Waals surface area contributed by atoms with Gasteiger partial charge in [-0.1, -0.05) is 17.7 Å². The second-order valence-electron chi connectivity index (χ2n) is 5.14. The summed E-state index contributed by atoms with van der Waals surface area (Å²) in [5.74, 6) is -0.354. The zero-order valence-electron chi connectivity index (χ0n) is 12.1. The molecular formula is C15H15ClN2O3S. The Morgan fingerprint density at radius 1 is 1.14 bits per heavy atom. The Hall–Kier alpha value is -1.92. The van der Waals surface area contributed by atoms with Crippen LogP contribution in [-0.4, -0.2) is 24.1 Å². The molecule has 1 aromatic carbocycles. The molecule has 1 N–H and O–H groups in total. The van der Waals surface area contributed by atoms with Gasteiger partial charge in [0.05, 0.1) is 4.90 Å². The van der Waals surface area contributed by atoms with Gasteiger partial charge in [-0.15, -0.1) is 0 Å². The Balaban J connectivity index is 2.32. The van der Waals surface area contributed by atoms with Gasteiger partial charge in [-0.25, -0.2) is 13.4 Å². The van der Waals surface area contributed by atoms with Crippen LogP contribution in [0.5, 0.6) is 0 Å². The van der Waals surface area contributed by atoms with Gasteiger partial charge in [-0.2, -0.15) is 0 Å². The summed E-state index contributed by atoms with van der Waals surface area (Å²) in [6.45, 7) is 2.71. The molecule has 7 heteroatoms. The van der Waals surface area contributed by atoms with E-state index in [1.807, 2.05) is 0 Å². The van der Waals surface area contributed by atoms with Crippen LogP contribution in [0.4, 0.5) is 5.82 Å². The van der Waals surface area contributed by atoms with Crippen LogP contribution in [0.2, 0.25) is 5.02 Å². The first kappa shape index (κ1) is 16.5. The van der Waals surface area contributed by atoms with Gasteiger partial charge < -0.3 is 5.32 Å². The number of carbonyl (C=O) groups excluding carboxylic acids is 1. The number of pyridine rings is 1. The van der Waals surface area contributed by atoms with Crippen molar-refractivity contribution in [3.05, 3.63) is 53.7 Å². The summed E-state index contributed by atoms with van der Waals surface area (Å²) in [5, 5.41) is 2.94. The highest BCUT2D eigenvalue weighted by molar-refractivity contribution is 7.93. The number of amides is 1. The number of hydrogen-bond donors (Lipinski definition) is 1. The highest BCUT2D eigenvalue weighted by Crippen LogP contribution is 2.27. The molecule has 0 aliphatic rings. The molecule has 2 aromatic rings. The highest BCUT2D eigenvalue weighted by atomic mass is 35.5. The normalized spacial score (nSPS) is 12.0. The van der Waals surface area contributed by atoms with E-state index in [4.69, 9.17) is 11.6 Å². The monoisotopic (exact) mass is 338 g/mol. The fourth-order valence-corrected chi connectivity index (χ4v) is 3.24. The lowest BCUT2D eigenvalue weighted by molar-refractivity contribution is -0.117. The summed E-state index contributed by atoms with van der Waals surface area (Å²) < 4.78 is 23.7. The van der Waals surface area contributed by atoms with Crippen LogP contribution in [0, 0.1) is 0 Å². The van der Waals surface area contributed by atoms with E-state index in [0.717, 1.165) is 0 Å². The van der Waals surface area contributed by atoms with E-state index in [-0.39, 0.29) is 4.90 Å². The smallest absolute Gasteiger partial charge is 0.246 e. The van der Waals surface area contributed by atoms with Gasteiger partial charge in [-0.3, -0.25) is 4.79 Å². The van der Waals surface area contributed by atoms with Gasteiger partial charge in [0.25, 0.3) is 0 Å². The third-order valence-electron chi connectivity index (χ3n) is 3.25. The Labute approximate surface area is 134 Å². The van der Waals surface area contributed by atoms with E-state index >= 15 is 0 Å². The summed E-state index contributed by atoms with van der Waals surface area (Å²) in [7, 11) is -3.87. The molecule has 2 rings (SSSR count). The Morgan fingerprint density at radius 3 is 2.32 bits per heavy atom. The lowest BCUT2D eigenvalue weighted by Gasteiger charge is -2.23. The number of hydrogen-bond acceptors (Lipinski definition) is 4. The van der Waals surface area contributed by atoms with Gasteiger partial charge in [0.2, 0.25) is 5.91 Å². The first-order valence-electron chi connectivity index (χ1n) is 6.48. The average molecular weight is 339 g/mol. The standard InChI is InChI=1S/C15H15ClN2O3S/c1-15(2,14(19)18-13-5-3-4-10-17-13)22(20,21)12-8-6-11(16)7-9-12/h3-10H,1-2H3,(H,17,18,19). The van der Waals surface area contributed by atoms with Gasteiger partial charge in [-0.05, 0) is 50.2 Å². The van der Waals surface area contributed by atoms with E-state index in [9.17, 15) is 13.2 Å². The molecule has 1 heterocycles. The minimum atomic E-state index is -3.87. The first-order chi connectivity index (χ1) is 10.2. The Kier molecular flexibility index (Phi) is 4.53. The predicted molar refractivity (Wildman–Crippen MR) is 85.6 cm³/mol. The fraction of sp³-hybridized carbons (Fsp3) is 0.200. The molecule has 5 nitrogen and oxygen atoms in total. The summed E-state index contributed by atoms with van der Waals surface area (Å²) in [4.78, 5) is 16.4. The maximum Gasteiger partial charge on any atom is 0.246 e. The second-order valence-corrected chi connectivity index (χ2v) is 8.07. The maximum atomic E-state index is 12.7. The van der Waals surface area contributed by atoms with Crippen molar-refractivity contribution in [3.63, 3.8) is 0 Å². The molecule has 22 heavy (non-hydrogen) atoms. The van der Waals surface area contributed by atoms with Gasteiger partial charge in [0, 0.05) is 11.2 Å². The topological polar surface area (TPSA) is 76.1 Å². The number of halogens is 1. The molecular weight excluding hydrogens is 324 g/mol. The van der Waals surface area contributed by atoms with Crippen LogP contribution < -0.4 is 5.32 Å². The largest absolute Gasteiger partial charge is 0.309 e. The van der Waals surface area contributed by atoms with E-state index in [1.54, 1.807) is 18.2 Å². The molecule has 116 valence electrons. The molecule has 0 saturated carbocycles. The Morgan fingerprint density at radius 2 is 1.77 bits per heavy atom. The number of nitrogens with one attached hydrogen (secondary N) is 1. The molecule has 0 unspecified atom stereocenters. The lowest BCUT2D eigenvalue weighted by Crippen LogP contribution is -2.44. The number of benzene rings is 1. The zero-order valence-corrected chi connectivity index (χ0v) is 13.6. The van der Waals surface area contributed by atoms with Gasteiger partial charge >= 0.3 is 0 Å². The minimum absolute atomic E-state index is 0.0399. The van der Waals surface area contributed by atoms with Crippen molar-refractivity contribution in [1.82, 2.24) is 4.98 Å². The van der Waals surface area contributed by atoms with E-state index in [1.165, 1.54) is 44.3 Å². The summed E-state index contributed by atoms with van der Waals surface area (Å²) in [6, 6.07) is 10.7. The van der Waals surface area contributed by atoms with Crippen molar-refractivity contribution in [3.8, 4) is 0 Å². The fourth-order valence-electron chi connectivity index (χ4n) is 1.73. The minimum Gasteiger partial charge on any atom is -0.309 e. The molecule has 0 aliphatic heterocycles. The third kappa shape index (κ3) is 3.13. The Bertz CT molecular complexity index is 772. The number of nitrogens with zero attached hydrogens (tertiary/aromatic N) is 1. The second kappa shape index (κ2) is 6.06. The van der Waals surface area contributed by atoms with Gasteiger partial charge in [0.15, 0.2) is 9.84 Å². The SMILES string of the molecule is CC(C)(C(=O)Nc1ccccn1)S(=O)(=O)c1ccc(Cl)cc1. The lowest BCUT2D eigenvalue weighted by atomic mass is 10.2. The van der Waals surface area contributed by atoms with Crippen LogP contribution in [0.15, 0.2) is 53.6 Å². The van der Waals surface area contributed by atoms with Crippen LogP contribution in [0.25, 0.3) is 0 Å². The molecule has 1 amide bonds. The van der Waals surface area contributed by atoms with Crippen molar-refractivity contribution in [2.75, 3.05) is 5.32 Å². The molecule has 1 aromatic heterocycles.